The van der Waals surface area contributed by atoms with Crippen LogP contribution in [0.15, 0.2) is 303 Å². The van der Waals surface area contributed by atoms with E-state index in [1.807, 2.05) is 66.7 Å². The number of benzene rings is 14. The van der Waals surface area contributed by atoms with E-state index in [1.165, 1.54) is 147 Å². The molecule has 504 valence electrons. The second-order valence-electron chi connectivity index (χ2n) is 25.9. The van der Waals surface area contributed by atoms with E-state index in [1.54, 1.807) is 36.4 Å². The molecule has 4 aliphatic carbocycles. The van der Waals surface area contributed by atoms with E-state index in [-0.39, 0.29) is 16.3 Å². The summed E-state index contributed by atoms with van der Waals surface area (Å²) >= 11 is 15.4. The molecule has 0 aliphatic heterocycles. The van der Waals surface area contributed by atoms with Crippen molar-refractivity contribution < 1.29 is 19.9 Å². The first-order chi connectivity index (χ1) is 50.7. The Morgan fingerprint density at radius 2 is 0.808 bits per heavy atom. The normalized spacial score (nSPS) is 12.0. The van der Waals surface area contributed by atoms with E-state index in [9.17, 15) is 20.2 Å². The van der Waals surface area contributed by atoms with E-state index in [2.05, 4.69) is 278 Å². The second-order valence-corrected chi connectivity index (χ2v) is 30.5. The number of aromatic nitrogens is 2. The summed E-state index contributed by atoms with van der Waals surface area (Å²) in [7, 11) is -1.39. The summed E-state index contributed by atoms with van der Waals surface area (Å²) in [5.74, 6) is 0. The molecule has 14 aromatic carbocycles. The standard InChI is InChI=1S/C25H15N.C19H12BrNO2.C19H12BrN.C13H11BO2.C6H3Br2NO2.C6H5I/c1-2-7-16-15(6-1)14-22-17(16)12-13-21-20-10-5-9-19-18-8-3-4-11-23(18)26(24(19)20)25(21)22;20-18-7-3-6-16(19(18)21(22)23)14-9-8-13-10-12-4-1-2-5-15(12)17(13)11-14;20-16-7-3-6-14-15-9-8-12-10-11-4-1-2-5-13(11)17(12)19(15)21-18(14)16;15-14(16)11-6-5-10-7-9-3-1-2-4-12(9)13(10)8-11;7-4-2-1-3-5(8)6(4)9(10)11;7-6-4-2-1-3-5-6/h1-13H,14H2;1-9,11H,10H2;1-9,21H,10H2;1-6,8,15-16H,7H2;1-3H;1-5H. The number of fused-ring (bicyclic) bond motifs is 23. The molecule has 0 bridgehead atoms. The van der Waals surface area contributed by atoms with Gasteiger partial charge in [0.15, 0.2) is 0 Å². The molecule has 16 heteroatoms. The quantitative estimate of drug-likeness (QED) is 0.0692. The van der Waals surface area contributed by atoms with Gasteiger partial charge in [-0.05, 0) is 255 Å². The van der Waals surface area contributed by atoms with Crippen LogP contribution in [0.3, 0.4) is 0 Å². The molecule has 0 atom stereocenters. The molecule has 0 saturated heterocycles. The highest BCUT2D eigenvalue weighted by Crippen LogP contribution is 2.48. The predicted octanol–water partition coefficient (Wildman–Crippen LogP) is 24.0. The number of nitrogens with one attached hydrogen (secondary N) is 1. The SMILES string of the molecule is Brc1cccc2c1[nH]c1c3c(ccc12)Cc1ccccc1-3.Ic1ccccc1.O=[N+]([O-])c1c(Br)cccc1-c1ccc2c(c1)-c1ccccc1C2.O=[N+]([O-])c1c(Br)cccc1Br.OB(O)c1ccc2c(c1)-c1ccccc1C2.c1ccc2c(c1)Cc1c-2ccc2c3cccc4c5ccccc5n(c12)c43. The van der Waals surface area contributed by atoms with Crippen LogP contribution < -0.4 is 5.46 Å². The van der Waals surface area contributed by atoms with Gasteiger partial charge in [-0.15, -0.1) is 0 Å². The average molecular weight is 1720 g/mol. The maximum atomic E-state index is 11.4. The highest BCUT2D eigenvalue weighted by atomic mass is 127. The number of nitrogens with zero attached hydrogens (tertiary/aromatic N) is 3. The van der Waals surface area contributed by atoms with Gasteiger partial charge in [-0.2, -0.15) is 0 Å². The molecular formula is C88H58BBr4IN4O6. The fraction of sp³-hybridized carbons (Fsp3) is 0.0455. The number of nitro groups is 2. The Labute approximate surface area is 646 Å². The highest BCUT2D eigenvalue weighted by molar-refractivity contribution is 14.1. The van der Waals surface area contributed by atoms with Gasteiger partial charge in [0.05, 0.1) is 56.4 Å². The molecule has 21 rings (SSSR count). The van der Waals surface area contributed by atoms with Crippen LogP contribution in [0.1, 0.15) is 44.5 Å². The molecule has 3 N–H and O–H groups in total. The highest BCUT2D eigenvalue weighted by Gasteiger charge is 2.28. The summed E-state index contributed by atoms with van der Waals surface area (Å²) < 4.78 is 6.39. The van der Waals surface area contributed by atoms with Crippen molar-refractivity contribution in [2.24, 2.45) is 0 Å². The van der Waals surface area contributed by atoms with Crippen LogP contribution >= 0.6 is 86.3 Å². The number of halogens is 5. The lowest BCUT2D eigenvalue weighted by molar-refractivity contribution is -0.386. The lowest BCUT2D eigenvalue weighted by Crippen LogP contribution is -2.29. The zero-order chi connectivity index (χ0) is 71.4. The maximum absolute atomic E-state index is 11.4. The second kappa shape index (κ2) is 29.0. The number of nitro benzene ring substituents is 2. The van der Waals surface area contributed by atoms with Gasteiger partial charge in [0.1, 0.15) is 0 Å². The number of para-hydroxylation sites is 5. The first-order valence-electron chi connectivity index (χ1n) is 33.7. The summed E-state index contributed by atoms with van der Waals surface area (Å²) in [6.45, 7) is 0. The zero-order valence-corrected chi connectivity index (χ0v) is 63.8. The monoisotopic (exact) mass is 1720 g/mol. The Morgan fingerprint density at radius 3 is 1.44 bits per heavy atom. The minimum Gasteiger partial charge on any atom is -0.423 e. The van der Waals surface area contributed by atoms with Gasteiger partial charge in [0.25, 0.3) is 11.4 Å². The summed E-state index contributed by atoms with van der Waals surface area (Å²) in [6, 6.07) is 97.5. The van der Waals surface area contributed by atoms with Crippen molar-refractivity contribution in [3.05, 3.63) is 371 Å². The Bertz CT molecular complexity index is 6260. The van der Waals surface area contributed by atoms with Crippen LogP contribution in [-0.2, 0) is 25.7 Å². The molecule has 0 spiro atoms. The van der Waals surface area contributed by atoms with Crippen molar-refractivity contribution in [2.45, 2.75) is 25.7 Å². The Hall–Kier alpha value is -9.89. The topological polar surface area (TPSA) is 147 Å². The molecule has 104 heavy (non-hydrogen) atoms. The third-order valence-corrected chi connectivity index (χ3v) is 23.2. The zero-order valence-electron chi connectivity index (χ0n) is 55.3. The first kappa shape index (κ1) is 68.5. The summed E-state index contributed by atoms with van der Waals surface area (Å²) in [6.07, 6.45) is 3.92. The molecule has 4 aliphatic rings. The number of aromatic amines is 1. The summed E-state index contributed by atoms with van der Waals surface area (Å²) in [5, 5.41) is 48.2. The smallest absolute Gasteiger partial charge is 0.423 e. The van der Waals surface area contributed by atoms with Crippen LogP contribution in [-0.4, -0.2) is 36.4 Å². The van der Waals surface area contributed by atoms with E-state index in [0.29, 0.717) is 24.4 Å². The molecule has 3 heterocycles. The molecule has 0 radical (unpaired) electrons. The first-order valence-corrected chi connectivity index (χ1v) is 38.0. The molecule has 3 aromatic heterocycles. The van der Waals surface area contributed by atoms with Crippen molar-refractivity contribution in [1.82, 2.24) is 9.38 Å². The molecule has 0 fully saturated rings. The minimum atomic E-state index is -1.39. The largest absolute Gasteiger partial charge is 0.488 e. The van der Waals surface area contributed by atoms with Crippen LogP contribution in [0.4, 0.5) is 11.4 Å². The van der Waals surface area contributed by atoms with E-state index in [0.717, 1.165) is 41.3 Å². The van der Waals surface area contributed by atoms with Gasteiger partial charge in [0.2, 0.25) is 0 Å². The lowest BCUT2D eigenvalue weighted by atomic mass is 9.79. The maximum Gasteiger partial charge on any atom is 0.488 e. The van der Waals surface area contributed by atoms with E-state index in [4.69, 9.17) is 10.0 Å². The molecule has 0 unspecified atom stereocenters. The molecule has 17 aromatic rings. The fourth-order valence-corrected chi connectivity index (χ4v) is 18.0. The Balaban J connectivity index is 0.0000000999. The van der Waals surface area contributed by atoms with Gasteiger partial charge in [0, 0.05) is 52.3 Å². The van der Waals surface area contributed by atoms with Crippen molar-refractivity contribution in [3.8, 4) is 55.6 Å². The fourth-order valence-electron chi connectivity index (χ4n) is 15.3. The minimum absolute atomic E-state index is 0.0625. The summed E-state index contributed by atoms with van der Waals surface area (Å²) in [5.41, 5.74) is 30.0. The van der Waals surface area contributed by atoms with Crippen molar-refractivity contribution >= 4 is 170 Å². The third kappa shape index (κ3) is 12.7. The average Bonchev–Trinajstić information content (AvgIpc) is 1.54. The number of hydrogen-bond donors (Lipinski definition) is 3. The van der Waals surface area contributed by atoms with Crippen LogP contribution in [0, 0.1) is 23.8 Å². The molecule has 0 saturated carbocycles. The van der Waals surface area contributed by atoms with Crippen LogP contribution in [0.25, 0.3) is 116 Å². The van der Waals surface area contributed by atoms with Crippen molar-refractivity contribution in [1.29, 1.82) is 0 Å². The van der Waals surface area contributed by atoms with Crippen molar-refractivity contribution in [2.75, 3.05) is 0 Å². The number of hydrogen-bond acceptors (Lipinski definition) is 6. The molecule has 10 nitrogen and oxygen atoms in total. The lowest BCUT2D eigenvalue weighted by Gasteiger charge is -2.08. The van der Waals surface area contributed by atoms with Gasteiger partial charge < -0.3 is 19.4 Å². The van der Waals surface area contributed by atoms with Crippen LogP contribution in [0.2, 0.25) is 0 Å². The number of H-pyrrole nitrogens is 1. The van der Waals surface area contributed by atoms with Gasteiger partial charge in [-0.3, -0.25) is 20.2 Å². The predicted molar refractivity (Wildman–Crippen MR) is 448 cm³/mol. The van der Waals surface area contributed by atoms with Gasteiger partial charge in [-0.25, -0.2) is 0 Å². The number of rotatable bonds is 4. The van der Waals surface area contributed by atoms with Crippen LogP contribution in [0.5, 0.6) is 0 Å². The Morgan fingerprint density at radius 1 is 0.365 bits per heavy atom. The van der Waals surface area contributed by atoms with E-state index < -0.39 is 12.0 Å². The van der Waals surface area contributed by atoms with E-state index >= 15 is 0 Å². The van der Waals surface area contributed by atoms with Crippen molar-refractivity contribution in [3.63, 3.8) is 0 Å². The summed E-state index contributed by atoms with van der Waals surface area (Å²) in [4.78, 5) is 24.7. The molecule has 0 amide bonds. The molecular weight excluding hydrogens is 1670 g/mol. The van der Waals surface area contributed by atoms with Gasteiger partial charge in [-0.1, -0.05) is 231 Å². The van der Waals surface area contributed by atoms with Gasteiger partial charge >= 0.3 is 7.12 Å². The third-order valence-electron chi connectivity index (χ3n) is 19.9. The Kier molecular flexibility index (Phi) is 19.1.